The molecular weight excluding hydrogens is 380 g/mol. The summed E-state index contributed by atoms with van der Waals surface area (Å²) in [6, 6.07) is 6.29. The number of anilines is 1. The first-order valence-electron chi connectivity index (χ1n) is 9.17. The molecule has 1 aromatic carbocycles. The van der Waals surface area contributed by atoms with Crippen molar-refractivity contribution in [1.29, 1.82) is 0 Å². The highest BCUT2D eigenvalue weighted by atomic mass is 32.2. The third-order valence-corrected chi connectivity index (χ3v) is 5.82. The molecule has 0 amide bonds. The number of amidine groups is 1. The SMILES string of the molecule is CC(C)CCn1nc(C(C)C)c(O)c(C2=NS(=O)(=O)c3ccccc3N2)c1=O. The van der Waals surface area contributed by atoms with Crippen LogP contribution in [0.15, 0.2) is 38.4 Å². The first-order valence-corrected chi connectivity index (χ1v) is 10.6. The molecule has 3 rings (SSSR count). The van der Waals surface area contributed by atoms with Crippen molar-refractivity contribution in [3.8, 4) is 5.75 Å². The van der Waals surface area contributed by atoms with E-state index in [0.29, 0.717) is 23.8 Å². The van der Waals surface area contributed by atoms with E-state index in [0.717, 1.165) is 6.42 Å². The first kappa shape index (κ1) is 20.1. The van der Waals surface area contributed by atoms with Crippen LogP contribution in [0.4, 0.5) is 5.69 Å². The number of hydrogen-bond donors (Lipinski definition) is 2. The topological polar surface area (TPSA) is 114 Å². The van der Waals surface area contributed by atoms with Gasteiger partial charge in [0.05, 0.1) is 5.69 Å². The Labute approximate surface area is 164 Å². The molecule has 1 aliphatic heterocycles. The van der Waals surface area contributed by atoms with Crippen molar-refractivity contribution in [3.63, 3.8) is 0 Å². The molecule has 0 aliphatic carbocycles. The van der Waals surface area contributed by atoms with Crippen molar-refractivity contribution in [2.45, 2.75) is 51.5 Å². The average Bonchev–Trinajstić information content (AvgIpc) is 2.60. The number of sulfonamides is 1. The summed E-state index contributed by atoms with van der Waals surface area (Å²) in [7, 11) is -4.00. The zero-order valence-electron chi connectivity index (χ0n) is 16.3. The number of aromatic hydroxyl groups is 1. The number of aryl methyl sites for hydroxylation is 1. The molecule has 2 aromatic rings. The Kier molecular flexibility index (Phi) is 5.29. The lowest BCUT2D eigenvalue weighted by atomic mass is 10.1. The number of nitrogens with one attached hydrogen (secondary N) is 1. The molecular formula is C19H24N4O4S. The number of hydrogen-bond acceptors (Lipinski definition) is 6. The van der Waals surface area contributed by atoms with Crippen LogP contribution in [-0.2, 0) is 16.6 Å². The lowest BCUT2D eigenvalue weighted by Crippen LogP contribution is -2.35. The van der Waals surface area contributed by atoms with E-state index in [9.17, 15) is 18.3 Å². The monoisotopic (exact) mass is 404 g/mol. The van der Waals surface area contributed by atoms with Crippen LogP contribution in [0.2, 0.25) is 0 Å². The van der Waals surface area contributed by atoms with E-state index in [1.807, 2.05) is 27.7 Å². The minimum Gasteiger partial charge on any atom is -0.505 e. The number of fused-ring (bicyclic) bond motifs is 1. The van der Waals surface area contributed by atoms with Crippen LogP contribution in [0.3, 0.4) is 0 Å². The molecule has 0 spiro atoms. The largest absolute Gasteiger partial charge is 0.505 e. The Morgan fingerprint density at radius 1 is 1.18 bits per heavy atom. The van der Waals surface area contributed by atoms with Gasteiger partial charge >= 0.3 is 0 Å². The summed E-state index contributed by atoms with van der Waals surface area (Å²) in [6.07, 6.45) is 0.718. The number of para-hydroxylation sites is 1. The summed E-state index contributed by atoms with van der Waals surface area (Å²) in [5.41, 5.74) is -0.133. The van der Waals surface area contributed by atoms with Crippen LogP contribution < -0.4 is 10.9 Å². The van der Waals surface area contributed by atoms with E-state index in [1.165, 1.54) is 10.7 Å². The Balaban J connectivity index is 2.21. The van der Waals surface area contributed by atoms with Gasteiger partial charge in [-0.15, -0.1) is 4.40 Å². The van der Waals surface area contributed by atoms with Gasteiger partial charge in [0, 0.05) is 12.5 Å². The molecule has 0 unspecified atom stereocenters. The van der Waals surface area contributed by atoms with Gasteiger partial charge in [-0.2, -0.15) is 13.5 Å². The Hall–Kier alpha value is -2.68. The molecule has 0 atom stereocenters. The van der Waals surface area contributed by atoms with Crippen molar-refractivity contribution in [1.82, 2.24) is 9.78 Å². The van der Waals surface area contributed by atoms with Crippen LogP contribution in [0.25, 0.3) is 0 Å². The normalized spacial score (nSPS) is 15.3. The molecule has 2 N–H and O–H groups in total. The lowest BCUT2D eigenvalue weighted by Gasteiger charge is -2.20. The summed E-state index contributed by atoms with van der Waals surface area (Å²) < 4.78 is 30.2. The average molecular weight is 404 g/mol. The summed E-state index contributed by atoms with van der Waals surface area (Å²) in [6.45, 7) is 8.11. The Morgan fingerprint density at radius 3 is 2.50 bits per heavy atom. The quantitative estimate of drug-likeness (QED) is 0.792. The maximum absolute atomic E-state index is 13.0. The molecule has 2 heterocycles. The molecule has 0 radical (unpaired) electrons. The Morgan fingerprint density at radius 2 is 1.86 bits per heavy atom. The van der Waals surface area contributed by atoms with Crippen molar-refractivity contribution in [3.05, 3.63) is 45.9 Å². The van der Waals surface area contributed by atoms with E-state index >= 15 is 0 Å². The molecule has 150 valence electrons. The minimum absolute atomic E-state index is 0.0245. The smallest absolute Gasteiger partial charge is 0.286 e. The predicted octanol–water partition coefficient (Wildman–Crippen LogP) is 2.68. The molecule has 1 aliphatic rings. The Bertz CT molecular complexity index is 1100. The second kappa shape index (κ2) is 7.38. The number of aromatic nitrogens is 2. The molecule has 0 fully saturated rings. The zero-order valence-corrected chi connectivity index (χ0v) is 17.1. The maximum Gasteiger partial charge on any atom is 0.286 e. The van der Waals surface area contributed by atoms with Crippen molar-refractivity contribution in [2.24, 2.45) is 10.3 Å². The second-order valence-corrected chi connectivity index (χ2v) is 9.08. The summed E-state index contributed by atoms with van der Waals surface area (Å²) in [5.74, 6) is -0.353. The van der Waals surface area contributed by atoms with E-state index in [2.05, 4.69) is 14.8 Å². The molecule has 0 saturated carbocycles. The fourth-order valence-electron chi connectivity index (χ4n) is 2.94. The third kappa shape index (κ3) is 3.66. The van der Waals surface area contributed by atoms with Crippen molar-refractivity contribution >= 4 is 21.5 Å². The zero-order chi connectivity index (χ0) is 20.6. The first-order chi connectivity index (χ1) is 13.1. The third-order valence-electron chi connectivity index (χ3n) is 4.49. The van der Waals surface area contributed by atoms with Gasteiger partial charge in [0.15, 0.2) is 11.6 Å². The highest BCUT2D eigenvalue weighted by Crippen LogP contribution is 2.31. The summed E-state index contributed by atoms with van der Waals surface area (Å²) in [4.78, 5) is 13.0. The van der Waals surface area contributed by atoms with Crippen LogP contribution in [0.5, 0.6) is 5.75 Å². The van der Waals surface area contributed by atoms with Gasteiger partial charge in [0.2, 0.25) is 0 Å². The maximum atomic E-state index is 13.0. The van der Waals surface area contributed by atoms with Crippen LogP contribution in [-0.4, -0.2) is 29.1 Å². The van der Waals surface area contributed by atoms with Gasteiger partial charge in [0.25, 0.3) is 15.6 Å². The predicted molar refractivity (Wildman–Crippen MR) is 107 cm³/mol. The standard InChI is InChI=1S/C19H24N4O4S/c1-11(2)9-10-23-19(25)15(17(24)16(21-23)12(3)4)18-20-13-7-5-6-8-14(13)28(26,27)22-18/h5-8,11-12,24H,9-10H2,1-4H3,(H,20,22). The minimum atomic E-state index is -4.00. The van der Waals surface area contributed by atoms with E-state index in [4.69, 9.17) is 0 Å². The van der Waals surface area contributed by atoms with Gasteiger partial charge in [-0.05, 0) is 24.5 Å². The van der Waals surface area contributed by atoms with Crippen LogP contribution >= 0.6 is 0 Å². The second-order valence-electron chi connectivity index (χ2n) is 7.51. The van der Waals surface area contributed by atoms with Gasteiger partial charge in [0.1, 0.15) is 16.2 Å². The molecule has 0 bridgehead atoms. The summed E-state index contributed by atoms with van der Waals surface area (Å²) >= 11 is 0. The lowest BCUT2D eigenvalue weighted by molar-refractivity contribution is 0.424. The fraction of sp³-hybridized carbons (Fsp3) is 0.421. The van der Waals surface area contributed by atoms with E-state index in [-0.39, 0.29) is 28.0 Å². The summed E-state index contributed by atoms with van der Waals surface area (Å²) in [5, 5.41) is 17.9. The van der Waals surface area contributed by atoms with Crippen molar-refractivity contribution < 1.29 is 13.5 Å². The van der Waals surface area contributed by atoms with Gasteiger partial charge in [-0.1, -0.05) is 39.8 Å². The molecule has 28 heavy (non-hydrogen) atoms. The number of benzene rings is 1. The molecule has 0 saturated heterocycles. The fourth-order valence-corrected chi connectivity index (χ4v) is 4.06. The van der Waals surface area contributed by atoms with Gasteiger partial charge in [-0.3, -0.25) is 4.79 Å². The highest BCUT2D eigenvalue weighted by Gasteiger charge is 2.30. The number of nitrogens with zero attached hydrogens (tertiary/aromatic N) is 3. The van der Waals surface area contributed by atoms with E-state index in [1.54, 1.807) is 18.2 Å². The highest BCUT2D eigenvalue weighted by molar-refractivity contribution is 7.90. The number of rotatable bonds is 5. The molecule has 9 heteroatoms. The van der Waals surface area contributed by atoms with Gasteiger partial charge < -0.3 is 10.4 Å². The van der Waals surface area contributed by atoms with E-state index < -0.39 is 15.6 Å². The van der Waals surface area contributed by atoms with Crippen molar-refractivity contribution in [2.75, 3.05) is 5.32 Å². The molecule has 1 aromatic heterocycles. The van der Waals surface area contributed by atoms with Crippen LogP contribution in [0, 0.1) is 5.92 Å². The molecule has 8 nitrogen and oxygen atoms in total. The van der Waals surface area contributed by atoms with Crippen LogP contribution in [0.1, 0.15) is 51.3 Å². The van der Waals surface area contributed by atoms with Gasteiger partial charge in [-0.25, -0.2) is 4.68 Å².